The lowest BCUT2D eigenvalue weighted by molar-refractivity contribution is -0.165. The smallest absolute Gasteiger partial charge is 0.407 e. The molecule has 2 atom stereocenters. The number of hydrogen-bond acceptors (Lipinski definition) is 7. The van der Waals surface area contributed by atoms with Gasteiger partial charge in [-0.1, -0.05) is 41.9 Å². The second-order valence-corrected chi connectivity index (χ2v) is 12.8. The van der Waals surface area contributed by atoms with Crippen molar-refractivity contribution in [3.63, 3.8) is 0 Å². The van der Waals surface area contributed by atoms with Gasteiger partial charge in [0.1, 0.15) is 23.8 Å². The van der Waals surface area contributed by atoms with Gasteiger partial charge in [-0.15, -0.1) is 0 Å². The minimum atomic E-state index is -1.25. The Hall–Kier alpha value is -3.93. The zero-order valence-electron chi connectivity index (χ0n) is 26.8. The summed E-state index contributed by atoms with van der Waals surface area (Å²) < 4.78 is 61.0. The van der Waals surface area contributed by atoms with Gasteiger partial charge in [-0.3, -0.25) is 4.79 Å². The quantitative estimate of drug-likeness (QED) is 0.225. The number of ether oxygens (including phenoxy) is 5. The van der Waals surface area contributed by atoms with Gasteiger partial charge in [0.25, 0.3) is 5.91 Å². The van der Waals surface area contributed by atoms with Crippen LogP contribution in [0.3, 0.4) is 0 Å². The minimum absolute atomic E-state index is 0.00109. The molecule has 0 radical (unpaired) electrons. The first-order chi connectivity index (χ1) is 22.4. The van der Waals surface area contributed by atoms with Crippen LogP contribution in [-0.2, 0) is 26.2 Å². The molecule has 2 heterocycles. The largest absolute Gasteiger partial charge is 0.488 e. The second-order valence-electron chi connectivity index (χ2n) is 12.4. The molecule has 1 fully saturated rings. The van der Waals surface area contributed by atoms with Crippen LogP contribution in [0.2, 0.25) is 5.02 Å². The first-order valence-electron chi connectivity index (χ1n) is 15.6. The van der Waals surface area contributed by atoms with Gasteiger partial charge in [-0.05, 0) is 57.7 Å². The van der Waals surface area contributed by atoms with E-state index in [-0.39, 0.29) is 60.7 Å². The van der Waals surface area contributed by atoms with Crippen LogP contribution in [0.15, 0.2) is 48.5 Å². The van der Waals surface area contributed by atoms with Crippen molar-refractivity contribution in [3.8, 4) is 22.6 Å². The number of benzene rings is 3. The van der Waals surface area contributed by atoms with E-state index in [1.165, 1.54) is 19.2 Å². The highest BCUT2D eigenvalue weighted by atomic mass is 35.5. The Labute approximate surface area is 277 Å². The van der Waals surface area contributed by atoms with E-state index in [0.717, 1.165) is 25.3 Å². The first-order valence-corrected chi connectivity index (χ1v) is 15.9. The molecule has 2 aliphatic rings. The molecule has 0 aromatic heterocycles. The van der Waals surface area contributed by atoms with Crippen molar-refractivity contribution >= 4 is 23.6 Å². The van der Waals surface area contributed by atoms with Crippen LogP contribution in [-0.4, -0.2) is 57.3 Å². The molecule has 12 heteroatoms. The van der Waals surface area contributed by atoms with E-state index in [2.05, 4.69) is 10.6 Å². The summed E-state index contributed by atoms with van der Waals surface area (Å²) in [6.07, 6.45) is 1.77. The molecule has 0 spiro atoms. The molecule has 1 unspecified atom stereocenters. The molecule has 47 heavy (non-hydrogen) atoms. The summed E-state index contributed by atoms with van der Waals surface area (Å²) in [7, 11) is 1.41. The lowest BCUT2D eigenvalue weighted by Crippen LogP contribution is -2.45. The molecule has 3 aromatic carbocycles. The van der Waals surface area contributed by atoms with Crippen LogP contribution in [0.1, 0.15) is 61.5 Å². The second kappa shape index (κ2) is 14.5. The average molecular weight is 673 g/mol. The summed E-state index contributed by atoms with van der Waals surface area (Å²) in [6.45, 7) is 5.92. The van der Waals surface area contributed by atoms with Gasteiger partial charge >= 0.3 is 6.09 Å². The standard InChI is InChI=1S/C35H39ClF2N2O7/c1-34(2,3)47-33(42)40-20-35(21-10-6-5-7-11-21)19-23-26(46-35)18-24(37)30(36)28(23)29-22(32(41)39-4)13-14-25(31(29)38)43-16-17-45-27-12-8-9-15-44-27/h5-7,10-11,13-14,18,27H,8-9,12,15-17,19-20H2,1-4H3,(H,39,41)(H,40,42)/t27?,35-/m1/s1. The van der Waals surface area contributed by atoms with E-state index in [9.17, 15) is 9.59 Å². The molecule has 3 aromatic rings. The molecule has 0 saturated carbocycles. The topological polar surface area (TPSA) is 104 Å². The van der Waals surface area contributed by atoms with Crippen molar-refractivity contribution in [3.05, 3.63) is 81.9 Å². The first kappa shape index (κ1) is 34.4. The van der Waals surface area contributed by atoms with Crippen LogP contribution in [0, 0.1) is 11.6 Å². The Morgan fingerprint density at radius 2 is 1.83 bits per heavy atom. The normalized spacial score (nSPS) is 19.0. The fourth-order valence-corrected chi connectivity index (χ4v) is 6.01. The molecular formula is C35H39ClF2N2O7. The maximum Gasteiger partial charge on any atom is 0.407 e. The molecule has 0 aliphatic carbocycles. The van der Waals surface area contributed by atoms with Crippen molar-refractivity contribution in [1.29, 1.82) is 0 Å². The highest BCUT2D eigenvalue weighted by molar-refractivity contribution is 6.34. The molecule has 9 nitrogen and oxygen atoms in total. The summed E-state index contributed by atoms with van der Waals surface area (Å²) in [5.41, 5.74) is -1.35. The molecule has 1 saturated heterocycles. The van der Waals surface area contributed by atoms with Crippen molar-refractivity contribution in [2.45, 2.75) is 63.9 Å². The molecule has 2 aliphatic heterocycles. The third-order valence-corrected chi connectivity index (χ3v) is 8.25. The Morgan fingerprint density at radius 3 is 2.51 bits per heavy atom. The third kappa shape index (κ3) is 7.80. The fourth-order valence-electron chi connectivity index (χ4n) is 5.74. The van der Waals surface area contributed by atoms with Gasteiger partial charge in [-0.2, -0.15) is 0 Å². The maximum absolute atomic E-state index is 16.5. The zero-order chi connectivity index (χ0) is 33.8. The van der Waals surface area contributed by atoms with Gasteiger partial charge in [0.2, 0.25) is 0 Å². The van der Waals surface area contributed by atoms with E-state index < -0.39 is 39.9 Å². The van der Waals surface area contributed by atoms with Crippen molar-refractivity contribution in [2.24, 2.45) is 0 Å². The number of rotatable bonds is 10. The average Bonchev–Trinajstić information content (AvgIpc) is 3.42. The number of carbonyl (C=O) groups is 2. The number of carbonyl (C=O) groups excluding carboxylic acids is 2. The van der Waals surface area contributed by atoms with Gasteiger partial charge in [-0.25, -0.2) is 13.6 Å². The van der Waals surface area contributed by atoms with Crippen LogP contribution in [0.4, 0.5) is 13.6 Å². The Kier molecular flexibility index (Phi) is 10.6. The summed E-state index contributed by atoms with van der Waals surface area (Å²) in [4.78, 5) is 25.8. The van der Waals surface area contributed by atoms with E-state index in [0.29, 0.717) is 17.7 Å². The number of halogens is 3. The number of nitrogens with one attached hydrogen (secondary N) is 2. The summed E-state index contributed by atoms with van der Waals surface area (Å²) in [5.74, 6) is -2.48. The molecule has 2 N–H and O–H groups in total. The number of amides is 2. The van der Waals surface area contributed by atoms with Crippen LogP contribution in [0.25, 0.3) is 11.1 Å². The number of fused-ring (bicyclic) bond motifs is 1. The predicted octanol–water partition coefficient (Wildman–Crippen LogP) is 6.92. The highest BCUT2D eigenvalue weighted by Crippen LogP contribution is 2.50. The fraction of sp³-hybridized carbons (Fsp3) is 0.429. The van der Waals surface area contributed by atoms with Gasteiger partial charge in [0.05, 0.1) is 23.7 Å². The van der Waals surface area contributed by atoms with E-state index in [1.807, 2.05) is 18.2 Å². The van der Waals surface area contributed by atoms with Crippen molar-refractivity contribution in [1.82, 2.24) is 10.6 Å². The number of hydrogen-bond donors (Lipinski definition) is 2. The van der Waals surface area contributed by atoms with Gasteiger partial charge in [0.15, 0.2) is 23.5 Å². The molecule has 252 valence electrons. The van der Waals surface area contributed by atoms with Crippen molar-refractivity contribution < 1.29 is 42.1 Å². The summed E-state index contributed by atoms with van der Waals surface area (Å²) in [6, 6.07) is 12.9. The van der Waals surface area contributed by atoms with E-state index in [1.54, 1.807) is 32.9 Å². The van der Waals surface area contributed by atoms with Crippen LogP contribution >= 0.6 is 11.6 Å². The molecular weight excluding hydrogens is 634 g/mol. The van der Waals surface area contributed by atoms with Crippen molar-refractivity contribution in [2.75, 3.05) is 33.4 Å². The van der Waals surface area contributed by atoms with Gasteiger partial charge < -0.3 is 34.3 Å². The minimum Gasteiger partial charge on any atom is -0.488 e. The lowest BCUT2D eigenvalue weighted by atomic mass is 9.85. The molecule has 2 amide bonds. The van der Waals surface area contributed by atoms with Gasteiger partial charge in [0, 0.05) is 42.8 Å². The van der Waals surface area contributed by atoms with Crippen LogP contribution < -0.4 is 20.1 Å². The Balaban J connectivity index is 1.53. The van der Waals surface area contributed by atoms with E-state index >= 15 is 8.78 Å². The summed E-state index contributed by atoms with van der Waals surface area (Å²) in [5, 5.41) is 4.88. The number of alkyl carbamates (subject to hydrolysis) is 1. The zero-order valence-corrected chi connectivity index (χ0v) is 27.6. The summed E-state index contributed by atoms with van der Waals surface area (Å²) >= 11 is 6.61. The van der Waals surface area contributed by atoms with E-state index in [4.69, 9.17) is 35.3 Å². The predicted molar refractivity (Wildman–Crippen MR) is 172 cm³/mol. The molecule has 5 rings (SSSR count). The lowest BCUT2D eigenvalue weighted by Gasteiger charge is -2.30. The highest BCUT2D eigenvalue weighted by Gasteiger charge is 2.45. The Morgan fingerprint density at radius 1 is 1.06 bits per heavy atom. The maximum atomic E-state index is 16.5. The van der Waals surface area contributed by atoms with Crippen LogP contribution in [0.5, 0.6) is 11.5 Å². The SMILES string of the molecule is CNC(=O)c1ccc(OCCOC2CCCCO2)c(F)c1-c1c(Cl)c(F)cc2c1C[C@@](CNC(=O)OC(C)(C)C)(c1ccccc1)O2. The Bertz CT molecular complexity index is 1610. The third-order valence-electron chi connectivity index (χ3n) is 7.88. The monoisotopic (exact) mass is 672 g/mol. The molecule has 0 bridgehead atoms.